The van der Waals surface area contributed by atoms with Gasteiger partial charge in [-0.25, -0.2) is 28.8 Å². The summed E-state index contributed by atoms with van der Waals surface area (Å²) in [5.41, 5.74) is 0. The molecule has 0 aromatic heterocycles. The van der Waals surface area contributed by atoms with E-state index in [1.165, 1.54) is 94.6 Å². The Bertz CT molecular complexity index is 1230. The van der Waals surface area contributed by atoms with Crippen LogP contribution in [0.25, 0.3) is 0 Å². The SMILES string of the molecule is C=CC(=O)OCCCCC.C=CC(=O)OCCCCCC.C=CC(=O)OCCCCCCC.C=CC(=O)OCCCCCCCCC.C=CC(=O)OCCCCCCOC.C=CC(=O)OCCCCOC. The first-order chi connectivity index (χ1) is 34.3. The molecular formula is C57H102O14. The van der Waals surface area contributed by atoms with Crippen molar-refractivity contribution >= 4 is 35.8 Å². The molecule has 0 fully saturated rings. The Labute approximate surface area is 432 Å². The molecule has 0 aliphatic carbocycles. The van der Waals surface area contributed by atoms with Gasteiger partial charge in [-0.2, -0.15) is 0 Å². The van der Waals surface area contributed by atoms with E-state index in [1.807, 2.05) is 0 Å². The van der Waals surface area contributed by atoms with Crippen LogP contribution in [0.3, 0.4) is 0 Å². The maximum atomic E-state index is 10.6. The van der Waals surface area contributed by atoms with E-state index in [2.05, 4.69) is 67.2 Å². The maximum absolute atomic E-state index is 10.6. The van der Waals surface area contributed by atoms with Gasteiger partial charge in [-0.15, -0.1) is 0 Å². The van der Waals surface area contributed by atoms with Crippen molar-refractivity contribution in [2.75, 3.05) is 67.1 Å². The molecule has 14 nitrogen and oxygen atoms in total. The lowest BCUT2D eigenvalue weighted by Gasteiger charge is -2.01. The third-order valence-corrected chi connectivity index (χ3v) is 9.19. The summed E-state index contributed by atoms with van der Waals surface area (Å²) < 4.78 is 38.4. The average Bonchev–Trinajstić information content (AvgIpc) is 3.39. The van der Waals surface area contributed by atoms with E-state index in [0.29, 0.717) is 46.2 Å². The Balaban J connectivity index is -0.000000179. The number of rotatable bonds is 41. The summed E-state index contributed by atoms with van der Waals surface area (Å²) >= 11 is 0. The molecule has 0 unspecified atom stereocenters. The van der Waals surface area contributed by atoms with Crippen molar-refractivity contribution < 1.29 is 66.7 Å². The molecule has 0 bridgehead atoms. The summed E-state index contributed by atoms with van der Waals surface area (Å²) in [6.07, 6.45) is 35.4. The number of hydrogen-bond acceptors (Lipinski definition) is 14. The molecule has 0 aromatic rings. The van der Waals surface area contributed by atoms with Gasteiger partial charge in [0, 0.05) is 63.9 Å². The normalized spacial score (nSPS) is 9.38. The number of methoxy groups -OCH3 is 2. The minimum Gasteiger partial charge on any atom is -0.463 e. The topological polar surface area (TPSA) is 176 Å². The van der Waals surface area contributed by atoms with Crippen molar-refractivity contribution in [3.05, 3.63) is 75.9 Å². The van der Waals surface area contributed by atoms with Gasteiger partial charge < -0.3 is 37.9 Å². The van der Waals surface area contributed by atoms with E-state index in [9.17, 15) is 28.8 Å². The molecule has 0 heterocycles. The molecule has 0 radical (unpaired) electrons. The first-order valence-electron chi connectivity index (χ1n) is 26.1. The lowest BCUT2D eigenvalue weighted by atomic mass is 10.1. The Morgan fingerprint density at radius 2 is 0.394 bits per heavy atom. The predicted octanol–water partition coefficient (Wildman–Crippen LogP) is 13.4. The summed E-state index contributed by atoms with van der Waals surface area (Å²) in [4.78, 5) is 63.2. The fraction of sp³-hybridized carbons (Fsp3) is 0.684. The number of esters is 6. The van der Waals surface area contributed by atoms with Crippen molar-refractivity contribution in [1.29, 1.82) is 0 Å². The molecule has 0 saturated heterocycles. The largest absolute Gasteiger partial charge is 0.463 e. The quantitative estimate of drug-likeness (QED) is 0.0245. The van der Waals surface area contributed by atoms with Crippen LogP contribution in [0.4, 0.5) is 0 Å². The van der Waals surface area contributed by atoms with E-state index >= 15 is 0 Å². The van der Waals surface area contributed by atoms with Crippen LogP contribution < -0.4 is 0 Å². The standard InChI is InChI=1S/C12H22O2.C10H18O3.C10H18O2.C9H16O2.C8H14O3.C8H14O2/c1-3-5-6-7-8-9-10-11-14-12(13)4-2;1-3-10(11)13-9-7-5-4-6-8-12-2;1-3-5-6-7-8-9-12-10(11)4-2;1-3-5-6-7-8-11-9(10)4-2;1-3-8(9)11-7-5-4-6-10-2;1-3-5-6-7-10-8(9)4-2/h4H,2-3,5-11H2,1H3;3H,1,4-9H2,2H3;4H,2-3,5-9H2,1H3;4H,2-3,5-8H2,1H3;3H,1,4-7H2,2H3;4H,2-3,5-7H2,1H3. The molecule has 0 spiro atoms. The van der Waals surface area contributed by atoms with Gasteiger partial charge in [-0.3, -0.25) is 0 Å². The third kappa shape index (κ3) is 88.6. The Morgan fingerprint density at radius 3 is 0.606 bits per heavy atom. The monoisotopic (exact) mass is 1010 g/mol. The molecule has 0 aliphatic heterocycles. The van der Waals surface area contributed by atoms with Crippen molar-refractivity contribution in [3.8, 4) is 0 Å². The van der Waals surface area contributed by atoms with E-state index in [-0.39, 0.29) is 35.8 Å². The summed E-state index contributed by atoms with van der Waals surface area (Å²) in [7, 11) is 3.35. The average molecular weight is 1010 g/mol. The zero-order chi connectivity index (χ0) is 54.7. The van der Waals surface area contributed by atoms with Gasteiger partial charge in [0.15, 0.2) is 0 Å². The van der Waals surface area contributed by atoms with E-state index in [1.54, 1.807) is 14.2 Å². The van der Waals surface area contributed by atoms with Gasteiger partial charge >= 0.3 is 35.8 Å². The lowest BCUT2D eigenvalue weighted by Crippen LogP contribution is -2.02. The molecule has 0 amide bonds. The Kier molecular flexibility index (Phi) is 81.1. The Hall–Kier alpha value is -4.82. The zero-order valence-electron chi connectivity index (χ0n) is 45.8. The first-order valence-corrected chi connectivity index (χ1v) is 26.1. The third-order valence-electron chi connectivity index (χ3n) is 9.19. The van der Waals surface area contributed by atoms with Crippen LogP contribution in [0.1, 0.15) is 188 Å². The van der Waals surface area contributed by atoms with Crippen molar-refractivity contribution in [3.63, 3.8) is 0 Å². The molecule has 0 rings (SSSR count). The molecule has 14 heteroatoms. The number of hydrogen-bond donors (Lipinski definition) is 0. The summed E-state index contributed by atoms with van der Waals surface area (Å²) in [6, 6.07) is 0. The molecule has 71 heavy (non-hydrogen) atoms. The van der Waals surface area contributed by atoms with Crippen LogP contribution >= 0.6 is 0 Å². The molecule has 0 aliphatic rings. The minimum absolute atomic E-state index is 0.309. The Morgan fingerprint density at radius 1 is 0.254 bits per heavy atom. The van der Waals surface area contributed by atoms with Gasteiger partial charge in [0.1, 0.15) is 0 Å². The first kappa shape index (κ1) is 77.6. The maximum Gasteiger partial charge on any atom is 0.330 e. The van der Waals surface area contributed by atoms with E-state index in [0.717, 1.165) is 109 Å². The highest BCUT2D eigenvalue weighted by atomic mass is 16.5. The van der Waals surface area contributed by atoms with Gasteiger partial charge in [0.05, 0.1) is 39.6 Å². The van der Waals surface area contributed by atoms with Gasteiger partial charge in [-0.1, -0.05) is 170 Å². The fourth-order valence-electron chi connectivity index (χ4n) is 5.09. The smallest absolute Gasteiger partial charge is 0.330 e. The van der Waals surface area contributed by atoms with Crippen molar-refractivity contribution in [2.45, 2.75) is 188 Å². The highest BCUT2D eigenvalue weighted by Crippen LogP contribution is 2.07. The minimum atomic E-state index is -0.359. The van der Waals surface area contributed by atoms with Crippen molar-refractivity contribution in [1.82, 2.24) is 0 Å². The predicted molar refractivity (Wildman–Crippen MR) is 289 cm³/mol. The summed E-state index contributed by atoms with van der Waals surface area (Å²) in [6.45, 7) is 33.1. The van der Waals surface area contributed by atoms with Crippen LogP contribution in [-0.4, -0.2) is 103 Å². The molecule has 0 saturated carbocycles. The van der Waals surface area contributed by atoms with Gasteiger partial charge in [0.2, 0.25) is 0 Å². The van der Waals surface area contributed by atoms with Crippen LogP contribution in [0.15, 0.2) is 75.9 Å². The van der Waals surface area contributed by atoms with Crippen LogP contribution in [0, 0.1) is 0 Å². The summed E-state index contributed by atoms with van der Waals surface area (Å²) in [5.74, 6) is -1.96. The molecule has 0 N–H and O–H groups in total. The molecule has 0 aromatic carbocycles. The van der Waals surface area contributed by atoms with Gasteiger partial charge in [0.25, 0.3) is 0 Å². The van der Waals surface area contributed by atoms with Gasteiger partial charge in [-0.05, 0) is 57.8 Å². The lowest BCUT2D eigenvalue weighted by molar-refractivity contribution is -0.138. The van der Waals surface area contributed by atoms with Crippen molar-refractivity contribution in [2.24, 2.45) is 0 Å². The van der Waals surface area contributed by atoms with E-state index in [4.69, 9.17) is 37.9 Å². The van der Waals surface area contributed by atoms with Crippen LogP contribution in [0.2, 0.25) is 0 Å². The van der Waals surface area contributed by atoms with Crippen LogP contribution in [-0.2, 0) is 66.7 Å². The number of ether oxygens (including phenoxy) is 8. The zero-order valence-corrected chi connectivity index (χ0v) is 45.8. The highest BCUT2D eigenvalue weighted by molar-refractivity contribution is 5.82. The fourth-order valence-corrected chi connectivity index (χ4v) is 5.09. The highest BCUT2D eigenvalue weighted by Gasteiger charge is 1.98. The second kappa shape index (κ2) is 74.1. The summed E-state index contributed by atoms with van der Waals surface area (Å²) in [5, 5.41) is 0. The number of carbonyl (C=O) groups is 6. The number of unbranched alkanes of at least 4 members (excludes halogenated alkanes) is 19. The second-order valence-corrected chi connectivity index (χ2v) is 15.6. The second-order valence-electron chi connectivity index (χ2n) is 15.6. The van der Waals surface area contributed by atoms with E-state index < -0.39 is 0 Å². The number of carbonyl (C=O) groups excluding carboxylic acids is 6. The molecule has 414 valence electrons. The molecular weight excluding hydrogens is 909 g/mol. The van der Waals surface area contributed by atoms with Crippen LogP contribution in [0.5, 0.6) is 0 Å². The molecule has 0 atom stereocenters.